The molecule has 2 N–H and O–H groups in total. The van der Waals surface area contributed by atoms with Gasteiger partial charge in [-0.05, 0) is 24.6 Å². The Hall–Kier alpha value is -1.64. The highest BCUT2D eigenvalue weighted by Gasteiger charge is 2.10. The van der Waals surface area contributed by atoms with Crippen LogP contribution in [0.1, 0.15) is 12.5 Å². The number of hydrogen-bond donors (Lipinski definition) is 2. The van der Waals surface area contributed by atoms with Crippen LogP contribution in [0.15, 0.2) is 22.5 Å². The lowest BCUT2D eigenvalue weighted by molar-refractivity contribution is -0.114. The molecule has 0 radical (unpaired) electrons. The largest absolute Gasteiger partial charge is 0.325 e. The number of anilines is 2. The van der Waals surface area contributed by atoms with Gasteiger partial charge in [-0.1, -0.05) is 40.8 Å². The van der Waals surface area contributed by atoms with Crippen molar-refractivity contribution < 1.29 is 9.59 Å². The SMILES string of the molecule is CC(=O)Nc1nnc(SCC(=O)Nc2cc(Cl)ccc2C)s1. The Morgan fingerprint density at radius 3 is 2.82 bits per heavy atom. The lowest BCUT2D eigenvalue weighted by Crippen LogP contribution is -2.14. The van der Waals surface area contributed by atoms with E-state index in [4.69, 9.17) is 11.6 Å². The van der Waals surface area contributed by atoms with Crippen molar-refractivity contribution >= 4 is 57.3 Å². The second-order valence-electron chi connectivity index (χ2n) is 4.35. The van der Waals surface area contributed by atoms with Crippen LogP contribution in [0.4, 0.5) is 10.8 Å². The van der Waals surface area contributed by atoms with Crippen LogP contribution in [0.5, 0.6) is 0 Å². The number of carbonyl (C=O) groups is 2. The van der Waals surface area contributed by atoms with Crippen LogP contribution in [-0.4, -0.2) is 27.8 Å². The first-order valence-electron chi connectivity index (χ1n) is 6.24. The van der Waals surface area contributed by atoms with Gasteiger partial charge in [-0.25, -0.2) is 0 Å². The summed E-state index contributed by atoms with van der Waals surface area (Å²) >= 11 is 8.39. The van der Waals surface area contributed by atoms with Crippen molar-refractivity contribution in [3.8, 4) is 0 Å². The van der Waals surface area contributed by atoms with E-state index < -0.39 is 0 Å². The Labute approximate surface area is 140 Å². The average molecular weight is 357 g/mol. The smallest absolute Gasteiger partial charge is 0.234 e. The van der Waals surface area contributed by atoms with Crippen LogP contribution in [0.25, 0.3) is 0 Å². The maximum atomic E-state index is 11.9. The first kappa shape index (κ1) is 16.7. The Bertz CT molecular complexity index is 705. The highest BCUT2D eigenvalue weighted by Crippen LogP contribution is 2.26. The van der Waals surface area contributed by atoms with Gasteiger partial charge in [-0.15, -0.1) is 10.2 Å². The van der Waals surface area contributed by atoms with Crippen molar-refractivity contribution in [3.63, 3.8) is 0 Å². The molecule has 2 aromatic rings. The fraction of sp³-hybridized carbons (Fsp3) is 0.231. The summed E-state index contributed by atoms with van der Waals surface area (Å²) in [5.74, 6) is -0.172. The molecule has 0 fully saturated rings. The molecular weight excluding hydrogens is 344 g/mol. The number of halogens is 1. The minimum atomic E-state index is -0.207. The van der Waals surface area contributed by atoms with E-state index in [9.17, 15) is 9.59 Å². The standard InChI is InChI=1S/C13H13ClN4O2S2/c1-7-3-4-9(14)5-10(7)16-11(20)6-21-13-18-17-12(22-13)15-8(2)19/h3-5H,6H2,1-2H3,(H,16,20)(H,15,17,19). The Morgan fingerprint density at radius 1 is 1.32 bits per heavy atom. The van der Waals surface area contributed by atoms with Gasteiger partial charge in [-0.3, -0.25) is 9.59 Å². The molecule has 0 saturated heterocycles. The van der Waals surface area contributed by atoms with Crippen LogP contribution in [0.2, 0.25) is 5.02 Å². The average Bonchev–Trinajstić information content (AvgIpc) is 2.87. The van der Waals surface area contributed by atoms with Crippen molar-refractivity contribution in [1.82, 2.24) is 10.2 Å². The first-order chi connectivity index (χ1) is 10.4. The number of amides is 2. The normalized spacial score (nSPS) is 10.3. The van der Waals surface area contributed by atoms with Crippen molar-refractivity contribution in [3.05, 3.63) is 28.8 Å². The van der Waals surface area contributed by atoms with E-state index in [0.717, 1.165) is 5.56 Å². The molecule has 0 spiro atoms. The van der Waals surface area contributed by atoms with Gasteiger partial charge in [0, 0.05) is 17.6 Å². The van der Waals surface area contributed by atoms with Gasteiger partial charge in [0.2, 0.25) is 16.9 Å². The Balaban J connectivity index is 1.88. The van der Waals surface area contributed by atoms with E-state index in [0.29, 0.717) is 20.2 Å². The summed E-state index contributed by atoms with van der Waals surface area (Å²) in [6.45, 7) is 3.29. The van der Waals surface area contributed by atoms with Crippen LogP contribution >= 0.6 is 34.7 Å². The molecule has 6 nitrogen and oxygen atoms in total. The number of carbonyl (C=O) groups excluding carboxylic acids is 2. The topological polar surface area (TPSA) is 84.0 Å². The zero-order valence-electron chi connectivity index (χ0n) is 11.8. The number of thioether (sulfide) groups is 1. The number of rotatable bonds is 5. The molecule has 1 heterocycles. The lowest BCUT2D eigenvalue weighted by atomic mass is 10.2. The van der Waals surface area contributed by atoms with E-state index in [1.807, 2.05) is 13.0 Å². The number of nitrogens with one attached hydrogen (secondary N) is 2. The zero-order chi connectivity index (χ0) is 16.1. The Kier molecular flexibility index (Phi) is 5.76. The van der Waals surface area contributed by atoms with Gasteiger partial charge in [-0.2, -0.15) is 0 Å². The summed E-state index contributed by atoms with van der Waals surface area (Å²) in [5, 5.41) is 14.0. The number of aromatic nitrogens is 2. The fourth-order valence-electron chi connectivity index (χ4n) is 1.51. The molecule has 1 aromatic carbocycles. The van der Waals surface area contributed by atoms with Gasteiger partial charge >= 0.3 is 0 Å². The molecule has 22 heavy (non-hydrogen) atoms. The van der Waals surface area contributed by atoms with E-state index in [-0.39, 0.29) is 17.6 Å². The number of benzene rings is 1. The molecule has 0 saturated carbocycles. The van der Waals surface area contributed by atoms with Crippen molar-refractivity contribution in [2.24, 2.45) is 0 Å². The summed E-state index contributed by atoms with van der Waals surface area (Å²) in [6, 6.07) is 5.32. The van der Waals surface area contributed by atoms with Gasteiger partial charge in [0.25, 0.3) is 0 Å². The lowest BCUT2D eigenvalue weighted by Gasteiger charge is -2.07. The third kappa shape index (κ3) is 4.97. The zero-order valence-corrected chi connectivity index (χ0v) is 14.2. The predicted octanol–water partition coefficient (Wildman–Crippen LogP) is 3.19. The summed E-state index contributed by atoms with van der Waals surface area (Å²) in [6.07, 6.45) is 0. The van der Waals surface area contributed by atoms with Crippen LogP contribution in [-0.2, 0) is 9.59 Å². The number of aryl methyl sites for hydroxylation is 1. The number of nitrogens with zero attached hydrogens (tertiary/aromatic N) is 2. The van der Waals surface area contributed by atoms with Crippen molar-refractivity contribution in [2.45, 2.75) is 18.2 Å². The molecule has 0 aliphatic rings. The molecular formula is C13H13ClN4O2S2. The second kappa shape index (κ2) is 7.57. The molecule has 116 valence electrons. The molecule has 0 aliphatic heterocycles. The summed E-state index contributed by atoms with van der Waals surface area (Å²) in [5.41, 5.74) is 1.63. The summed E-state index contributed by atoms with van der Waals surface area (Å²) in [7, 11) is 0. The molecule has 2 amide bonds. The first-order valence-corrected chi connectivity index (χ1v) is 8.42. The van der Waals surface area contributed by atoms with Gasteiger partial charge in [0.05, 0.1) is 5.75 Å². The van der Waals surface area contributed by atoms with E-state index in [2.05, 4.69) is 20.8 Å². The molecule has 0 aliphatic carbocycles. The van der Waals surface area contributed by atoms with Gasteiger partial charge in [0.1, 0.15) is 0 Å². The van der Waals surface area contributed by atoms with Crippen LogP contribution < -0.4 is 10.6 Å². The van der Waals surface area contributed by atoms with Crippen LogP contribution in [0, 0.1) is 6.92 Å². The number of hydrogen-bond acceptors (Lipinski definition) is 6. The fourth-order valence-corrected chi connectivity index (χ4v) is 3.28. The monoisotopic (exact) mass is 356 g/mol. The highest BCUT2D eigenvalue weighted by atomic mass is 35.5. The van der Waals surface area contributed by atoms with E-state index in [1.54, 1.807) is 12.1 Å². The molecule has 0 atom stereocenters. The maximum Gasteiger partial charge on any atom is 0.234 e. The summed E-state index contributed by atoms with van der Waals surface area (Å²) in [4.78, 5) is 22.8. The maximum absolute atomic E-state index is 11.9. The molecule has 0 unspecified atom stereocenters. The van der Waals surface area contributed by atoms with E-state index in [1.165, 1.54) is 30.0 Å². The molecule has 1 aromatic heterocycles. The molecule has 0 bridgehead atoms. The third-order valence-corrected chi connectivity index (χ3v) is 4.70. The second-order valence-corrected chi connectivity index (χ2v) is 6.99. The summed E-state index contributed by atoms with van der Waals surface area (Å²) < 4.78 is 0.613. The van der Waals surface area contributed by atoms with Crippen molar-refractivity contribution in [2.75, 3.05) is 16.4 Å². The minimum Gasteiger partial charge on any atom is -0.325 e. The van der Waals surface area contributed by atoms with Crippen molar-refractivity contribution in [1.29, 1.82) is 0 Å². The van der Waals surface area contributed by atoms with Gasteiger partial charge < -0.3 is 10.6 Å². The molecule has 2 rings (SSSR count). The minimum absolute atomic E-state index is 0.161. The predicted molar refractivity (Wildman–Crippen MR) is 89.8 cm³/mol. The molecule has 9 heteroatoms. The quantitative estimate of drug-likeness (QED) is 0.635. The Morgan fingerprint density at radius 2 is 2.09 bits per heavy atom. The van der Waals surface area contributed by atoms with E-state index >= 15 is 0 Å². The third-order valence-electron chi connectivity index (χ3n) is 2.49. The van der Waals surface area contributed by atoms with Crippen LogP contribution in [0.3, 0.4) is 0 Å². The van der Waals surface area contributed by atoms with Gasteiger partial charge in [0.15, 0.2) is 4.34 Å². The highest BCUT2D eigenvalue weighted by molar-refractivity contribution is 8.01.